The number of nitrogens with one attached hydrogen (secondary N) is 1. The summed E-state index contributed by atoms with van der Waals surface area (Å²) in [5.74, 6) is 0.241. The maximum Gasteiger partial charge on any atom is 0.189 e. The molecule has 0 aliphatic carbocycles. The second kappa shape index (κ2) is 3.07. The predicted molar refractivity (Wildman–Crippen MR) is 42.4 cm³/mol. The van der Waals surface area contributed by atoms with E-state index >= 15 is 0 Å². The van der Waals surface area contributed by atoms with Crippen LogP contribution in [0.25, 0.3) is 0 Å². The van der Waals surface area contributed by atoms with Gasteiger partial charge in [0.1, 0.15) is 0 Å². The highest BCUT2D eigenvalue weighted by atomic mass is 79.9. The van der Waals surface area contributed by atoms with Gasteiger partial charge in [0.05, 0.1) is 4.47 Å². The van der Waals surface area contributed by atoms with Crippen molar-refractivity contribution < 1.29 is 0 Å². The Morgan fingerprint density at radius 3 is 2.40 bits per heavy atom. The minimum absolute atomic E-state index is 0.146. The first-order valence-corrected chi connectivity index (χ1v) is 3.59. The second-order valence-electron chi connectivity index (χ2n) is 1.54. The zero-order chi connectivity index (χ0) is 7.56. The lowest BCUT2D eigenvalue weighted by atomic mass is 10.6. The van der Waals surface area contributed by atoms with E-state index < -0.39 is 0 Å². The molecule has 3 nitrogen and oxygen atoms in total. The van der Waals surface area contributed by atoms with Crippen LogP contribution in [0.4, 0.5) is 0 Å². The van der Waals surface area contributed by atoms with Crippen molar-refractivity contribution in [2.75, 3.05) is 0 Å². The van der Waals surface area contributed by atoms with Crippen molar-refractivity contribution in [3.05, 3.63) is 22.7 Å². The summed E-state index contributed by atoms with van der Waals surface area (Å²) < 4.78 is 0.772. The Balaban J connectivity index is 3.00. The number of halogens is 2. The molecule has 0 fully saturated rings. The van der Waals surface area contributed by atoms with E-state index in [-0.39, 0.29) is 11.0 Å². The molecule has 0 spiro atoms. The summed E-state index contributed by atoms with van der Waals surface area (Å²) in [4.78, 5) is 7.53. The Bertz CT molecular complexity index is 246. The van der Waals surface area contributed by atoms with Gasteiger partial charge in [-0.3, -0.25) is 5.41 Å². The van der Waals surface area contributed by atoms with E-state index in [1.54, 1.807) is 12.4 Å². The van der Waals surface area contributed by atoms with Crippen molar-refractivity contribution in [1.82, 2.24) is 9.97 Å². The molecule has 0 aromatic carbocycles. The number of rotatable bonds is 1. The Kier molecular flexibility index (Phi) is 2.34. The van der Waals surface area contributed by atoms with Crippen molar-refractivity contribution in [2.24, 2.45) is 0 Å². The van der Waals surface area contributed by atoms with Gasteiger partial charge in [-0.2, -0.15) is 0 Å². The van der Waals surface area contributed by atoms with Crippen molar-refractivity contribution in [3.63, 3.8) is 0 Å². The fourth-order valence-corrected chi connectivity index (χ4v) is 0.728. The molecule has 1 aromatic rings. The highest BCUT2D eigenvalue weighted by molar-refractivity contribution is 9.10. The molecule has 1 aromatic heterocycles. The summed E-state index contributed by atoms with van der Waals surface area (Å²) in [6.07, 6.45) is 3.08. The SMILES string of the molecule is N=C(Cl)c1ncc(Br)cn1. The van der Waals surface area contributed by atoms with Crippen LogP contribution < -0.4 is 0 Å². The molecule has 0 aliphatic rings. The maximum absolute atomic E-state index is 6.93. The van der Waals surface area contributed by atoms with Crippen molar-refractivity contribution in [1.29, 1.82) is 5.41 Å². The number of hydrogen-bond donors (Lipinski definition) is 1. The molecule has 0 saturated carbocycles. The monoisotopic (exact) mass is 219 g/mol. The molecule has 0 amide bonds. The molecule has 5 heteroatoms. The average Bonchev–Trinajstić information content (AvgIpc) is 1.88. The molecule has 0 radical (unpaired) electrons. The van der Waals surface area contributed by atoms with Crippen LogP contribution in [-0.4, -0.2) is 15.1 Å². The van der Waals surface area contributed by atoms with Crippen molar-refractivity contribution in [2.45, 2.75) is 0 Å². The average molecular weight is 220 g/mol. The zero-order valence-electron chi connectivity index (χ0n) is 4.81. The molecule has 1 heterocycles. The van der Waals surface area contributed by atoms with Crippen LogP contribution in [0.2, 0.25) is 0 Å². The molecule has 0 bridgehead atoms. The molecule has 1 rings (SSSR count). The standard InChI is InChI=1S/C5H3BrClN3/c6-3-1-9-5(4(7)8)10-2-3/h1-2,8H. The van der Waals surface area contributed by atoms with Gasteiger partial charge in [0, 0.05) is 12.4 Å². The number of aromatic nitrogens is 2. The van der Waals surface area contributed by atoms with Gasteiger partial charge in [0.25, 0.3) is 0 Å². The molecule has 52 valence electrons. The molecule has 0 aliphatic heterocycles. The Labute approximate surface area is 71.1 Å². The van der Waals surface area contributed by atoms with Crippen LogP contribution in [0.3, 0.4) is 0 Å². The third kappa shape index (κ3) is 1.75. The molecular weight excluding hydrogens is 217 g/mol. The van der Waals surface area contributed by atoms with E-state index in [2.05, 4.69) is 25.9 Å². The Morgan fingerprint density at radius 1 is 1.50 bits per heavy atom. The third-order valence-corrected chi connectivity index (χ3v) is 1.40. The normalized spacial score (nSPS) is 9.40. The van der Waals surface area contributed by atoms with Crippen molar-refractivity contribution in [3.8, 4) is 0 Å². The van der Waals surface area contributed by atoms with Gasteiger partial charge in [-0.15, -0.1) is 0 Å². The first-order chi connectivity index (χ1) is 4.70. The lowest BCUT2D eigenvalue weighted by molar-refractivity contribution is 1.12. The van der Waals surface area contributed by atoms with Gasteiger partial charge < -0.3 is 0 Å². The van der Waals surface area contributed by atoms with Gasteiger partial charge in [-0.1, -0.05) is 11.6 Å². The van der Waals surface area contributed by atoms with Gasteiger partial charge >= 0.3 is 0 Å². The van der Waals surface area contributed by atoms with E-state index in [4.69, 9.17) is 17.0 Å². The predicted octanol–water partition coefficient (Wildman–Crippen LogP) is 1.80. The van der Waals surface area contributed by atoms with Gasteiger partial charge in [-0.05, 0) is 15.9 Å². The quantitative estimate of drug-likeness (QED) is 0.734. The molecule has 10 heavy (non-hydrogen) atoms. The van der Waals surface area contributed by atoms with Crippen molar-refractivity contribution >= 4 is 32.7 Å². The maximum atomic E-state index is 6.93. The molecule has 1 N–H and O–H groups in total. The molecule has 0 saturated heterocycles. The van der Waals surface area contributed by atoms with E-state index in [1.165, 1.54) is 0 Å². The summed E-state index contributed by atoms with van der Waals surface area (Å²) in [6, 6.07) is 0. The van der Waals surface area contributed by atoms with Crippen LogP contribution in [0.5, 0.6) is 0 Å². The Morgan fingerprint density at radius 2 is 2.00 bits per heavy atom. The summed E-state index contributed by atoms with van der Waals surface area (Å²) in [6.45, 7) is 0. The van der Waals surface area contributed by atoms with E-state index in [0.717, 1.165) is 4.47 Å². The minimum atomic E-state index is -0.146. The minimum Gasteiger partial charge on any atom is -0.286 e. The zero-order valence-corrected chi connectivity index (χ0v) is 7.15. The lowest BCUT2D eigenvalue weighted by Crippen LogP contribution is -1.96. The fourth-order valence-electron chi connectivity index (χ4n) is 0.426. The van der Waals surface area contributed by atoms with Crippen LogP contribution in [-0.2, 0) is 0 Å². The molecule has 0 unspecified atom stereocenters. The fraction of sp³-hybridized carbons (Fsp3) is 0. The van der Waals surface area contributed by atoms with Gasteiger partial charge in [0.2, 0.25) is 0 Å². The Hall–Kier alpha value is -0.480. The highest BCUT2D eigenvalue weighted by Gasteiger charge is 1.98. The third-order valence-electron chi connectivity index (χ3n) is 0.817. The van der Waals surface area contributed by atoms with Crippen LogP contribution in [0.1, 0.15) is 5.82 Å². The van der Waals surface area contributed by atoms with E-state index in [1.807, 2.05) is 0 Å². The summed E-state index contributed by atoms with van der Waals surface area (Å²) in [5.41, 5.74) is 0. The summed E-state index contributed by atoms with van der Waals surface area (Å²) in [5, 5.41) is 6.79. The highest BCUT2D eigenvalue weighted by Crippen LogP contribution is 2.05. The van der Waals surface area contributed by atoms with E-state index in [9.17, 15) is 0 Å². The first-order valence-electron chi connectivity index (χ1n) is 2.42. The molecular formula is C5H3BrClN3. The van der Waals surface area contributed by atoms with Gasteiger partial charge in [0.15, 0.2) is 11.0 Å². The lowest BCUT2D eigenvalue weighted by Gasteiger charge is -1.91. The van der Waals surface area contributed by atoms with Gasteiger partial charge in [-0.25, -0.2) is 9.97 Å². The molecule has 0 atom stereocenters. The number of nitrogens with zero attached hydrogens (tertiary/aromatic N) is 2. The second-order valence-corrected chi connectivity index (χ2v) is 2.83. The van der Waals surface area contributed by atoms with Crippen LogP contribution >= 0.6 is 27.5 Å². The first kappa shape index (κ1) is 7.63. The van der Waals surface area contributed by atoms with Crippen LogP contribution in [0.15, 0.2) is 16.9 Å². The number of hydrogen-bond acceptors (Lipinski definition) is 3. The smallest absolute Gasteiger partial charge is 0.189 e. The topological polar surface area (TPSA) is 49.6 Å². The van der Waals surface area contributed by atoms with E-state index in [0.29, 0.717) is 0 Å². The van der Waals surface area contributed by atoms with Crippen LogP contribution in [0, 0.1) is 5.41 Å². The summed E-state index contributed by atoms with van der Waals surface area (Å²) >= 11 is 8.45. The summed E-state index contributed by atoms with van der Waals surface area (Å²) in [7, 11) is 0. The largest absolute Gasteiger partial charge is 0.286 e.